The maximum Gasteiger partial charge on any atom is 0.334 e. The van der Waals surface area contributed by atoms with Crippen molar-refractivity contribution in [1.82, 2.24) is 29.2 Å². The maximum absolute atomic E-state index is 13.5. The van der Waals surface area contributed by atoms with Gasteiger partial charge < -0.3 is 5.32 Å². The number of fused-ring (bicyclic) bond motifs is 2. The number of aryl methyl sites for hydroxylation is 1. The standard InChI is InChI=1S/C27H26N6O2/c1-17(18-7-8-18)30-26(34)16-32-23-5-3-4-6-24(23)33(27(32)35)20-11-9-19(10-12-20)21-13-28-15-25-22(21)14-29-31(25)2/h3-6,9-15,17-18H,7-8,16H2,1-2H3,(H,30,34). The Morgan fingerprint density at radius 3 is 2.51 bits per heavy atom. The minimum atomic E-state index is -0.232. The molecule has 1 N–H and O–H groups in total. The molecule has 2 aromatic carbocycles. The normalized spacial score (nSPS) is 14.5. The van der Waals surface area contributed by atoms with Crippen LogP contribution in [-0.2, 0) is 18.4 Å². The topological polar surface area (TPSA) is 86.7 Å². The van der Waals surface area contributed by atoms with Gasteiger partial charge in [-0.15, -0.1) is 0 Å². The molecule has 5 aromatic rings. The summed E-state index contributed by atoms with van der Waals surface area (Å²) in [6, 6.07) is 15.6. The first kappa shape index (κ1) is 21.3. The number of carbonyl (C=O) groups is 1. The number of hydrogen-bond donors (Lipinski definition) is 1. The predicted molar refractivity (Wildman–Crippen MR) is 135 cm³/mol. The number of pyridine rings is 1. The van der Waals surface area contributed by atoms with Gasteiger partial charge in [0, 0.05) is 30.2 Å². The molecular weight excluding hydrogens is 440 g/mol. The van der Waals surface area contributed by atoms with E-state index >= 15 is 0 Å². The van der Waals surface area contributed by atoms with Crippen molar-refractivity contribution in [3.8, 4) is 16.8 Å². The van der Waals surface area contributed by atoms with Crippen LogP contribution in [0.25, 0.3) is 38.8 Å². The first-order chi connectivity index (χ1) is 17.0. The zero-order chi connectivity index (χ0) is 24.1. The van der Waals surface area contributed by atoms with Crippen LogP contribution < -0.4 is 11.0 Å². The van der Waals surface area contributed by atoms with E-state index in [0.717, 1.165) is 51.6 Å². The summed E-state index contributed by atoms with van der Waals surface area (Å²) in [5, 5.41) is 8.42. The van der Waals surface area contributed by atoms with E-state index in [1.807, 2.05) is 74.9 Å². The van der Waals surface area contributed by atoms with E-state index in [2.05, 4.69) is 15.4 Å². The van der Waals surface area contributed by atoms with Gasteiger partial charge in [-0.2, -0.15) is 5.10 Å². The highest BCUT2D eigenvalue weighted by molar-refractivity contribution is 5.93. The summed E-state index contributed by atoms with van der Waals surface area (Å²) >= 11 is 0. The number of amides is 1. The van der Waals surface area contributed by atoms with Crippen molar-refractivity contribution in [3.05, 3.63) is 77.6 Å². The Kier molecular flexibility index (Phi) is 5.02. The molecule has 0 saturated heterocycles. The molecule has 6 rings (SSSR count). The molecule has 1 amide bonds. The molecule has 176 valence electrons. The lowest BCUT2D eigenvalue weighted by molar-refractivity contribution is -0.122. The summed E-state index contributed by atoms with van der Waals surface area (Å²) in [4.78, 5) is 30.6. The number of benzene rings is 2. The van der Waals surface area contributed by atoms with Crippen LogP contribution in [0.2, 0.25) is 0 Å². The molecule has 3 heterocycles. The van der Waals surface area contributed by atoms with Crippen molar-refractivity contribution in [2.45, 2.75) is 32.4 Å². The Bertz CT molecular complexity index is 1620. The van der Waals surface area contributed by atoms with Crippen LogP contribution in [-0.4, -0.2) is 35.8 Å². The predicted octanol–water partition coefficient (Wildman–Crippen LogP) is 3.66. The molecule has 0 aliphatic heterocycles. The van der Waals surface area contributed by atoms with Gasteiger partial charge in [0.15, 0.2) is 0 Å². The average molecular weight is 467 g/mol. The Hall–Kier alpha value is -4.20. The summed E-state index contributed by atoms with van der Waals surface area (Å²) < 4.78 is 5.02. The quantitative estimate of drug-likeness (QED) is 0.414. The first-order valence-electron chi connectivity index (χ1n) is 11.9. The van der Waals surface area contributed by atoms with E-state index in [4.69, 9.17) is 0 Å². The second kappa shape index (κ2) is 8.23. The molecule has 1 saturated carbocycles. The number of nitrogens with zero attached hydrogens (tertiary/aromatic N) is 5. The number of para-hydroxylation sites is 2. The molecule has 1 atom stereocenters. The largest absolute Gasteiger partial charge is 0.352 e. The van der Waals surface area contributed by atoms with Crippen LogP contribution in [0.4, 0.5) is 0 Å². The minimum absolute atomic E-state index is 0.00381. The lowest BCUT2D eigenvalue weighted by Gasteiger charge is -2.13. The first-order valence-corrected chi connectivity index (χ1v) is 11.9. The number of carbonyl (C=O) groups excluding carboxylic acids is 1. The van der Waals surface area contributed by atoms with Gasteiger partial charge >= 0.3 is 5.69 Å². The Balaban J connectivity index is 1.37. The maximum atomic E-state index is 13.5. The van der Waals surface area contributed by atoms with E-state index in [-0.39, 0.29) is 24.2 Å². The molecular formula is C27H26N6O2. The van der Waals surface area contributed by atoms with E-state index in [1.165, 1.54) is 0 Å². The lowest BCUT2D eigenvalue weighted by Crippen LogP contribution is -2.38. The SMILES string of the molecule is CC(NC(=O)Cn1c(=O)n(-c2ccc(-c3cncc4c3cnn4C)cc2)c2ccccc21)C1CC1. The van der Waals surface area contributed by atoms with Crippen molar-refractivity contribution < 1.29 is 4.79 Å². The number of nitrogens with one attached hydrogen (secondary N) is 1. The average Bonchev–Trinajstić information content (AvgIpc) is 3.61. The monoisotopic (exact) mass is 466 g/mol. The highest BCUT2D eigenvalue weighted by Gasteiger charge is 2.29. The molecule has 8 heteroatoms. The van der Waals surface area contributed by atoms with Gasteiger partial charge in [0.25, 0.3) is 0 Å². The van der Waals surface area contributed by atoms with Crippen LogP contribution >= 0.6 is 0 Å². The molecule has 35 heavy (non-hydrogen) atoms. The van der Waals surface area contributed by atoms with Crippen molar-refractivity contribution in [2.24, 2.45) is 13.0 Å². The molecule has 0 bridgehead atoms. The van der Waals surface area contributed by atoms with E-state index in [0.29, 0.717) is 5.92 Å². The van der Waals surface area contributed by atoms with Crippen molar-refractivity contribution in [1.29, 1.82) is 0 Å². The van der Waals surface area contributed by atoms with Gasteiger partial charge in [0.05, 0.1) is 34.6 Å². The molecule has 1 fully saturated rings. The van der Waals surface area contributed by atoms with Crippen molar-refractivity contribution in [3.63, 3.8) is 0 Å². The number of hydrogen-bond acceptors (Lipinski definition) is 4. The molecule has 3 aromatic heterocycles. The van der Waals surface area contributed by atoms with Gasteiger partial charge in [-0.25, -0.2) is 4.79 Å². The fourth-order valence-corrected chi connectivity index (χ4v) is 4.85. The molecule has 1 aliphatic carbocycles. The smallest absolute Gasteiger partial charge is 0.334 e. The van der Waals surface area contributed by atoms with Gasteiger partial charge in [-0.05, 0) is 55.5 Å². The molecule has 0 spiro atoms. The minimum Gasteiger partial charge on any atom is -0.352 e. The highest BCUT2D eigenvalue weighted by atomic mass is 16.2. The zero-order valence-electron chi connectivity index (χ0n) is 19.7. The van der Waals surface area contributed by atoms with Gasteiger partial charge in [-0.3, -0.25) is 23.6 Å². The molecule has 8 nitrogen and oxygen atoms in total. The summed E-state index contributed by atoms with van der Waals surface area (Å²) in [6.07, 6.45) is 7.78. The van der Waals surface area contributed by atoms with Crippen LogP contribution in [0.3, 0.4) is 0 Å². The lowest BCUT2D eigenvalue weighted by atomic mass is 10.0. The third kappa shape index (κ3) is 3.71. The van der Waals surface area contributed by atoms with Gasteiger partial charge in [0.2, 0.25) is 5.91 Å². The Morgan fingerprint density at radius 2 is 1.77 bits per heavy atom. The Morgan fingerprint density at radius 1 is 1.03 bits per heavy atom. The molecule has 1 unspecified atom stereocenters. The fourth-order valence-electron chi connectivity index (χ4n) is 4.85. The second-order valence-corrected chi connectivity index (χ2v) is 9.32. The van der Waals surface area contributed by atoms with Crippen molar-refractivity contribution in [2.75, 3.05) is 0 Å². The molecule has 0 radical (unpaired) electrons. The van der Waals surface area contributed by atoms with E-state index in [1.54, 1.807) is 20.0 Å². The third-order valence-electron chi connectivity index (χ3n) is 6.97. The van der Waals surface area contributed by atoms with Crippen LogP contribution in [0.1, 0.15) is 19.8 Å². The second-order valence-electron chi connectivity index (χ2n) is 9.32. The summed E-state index contributed by atoms with van der Waals surface area (Å²) in [6.45, 7) is 2.03. The van der Waals surface area contributed by atoms with E-state index < -0.39 is 0 Å². The van der Waals surface area contributed by atoms with Crippen LogP contribution in [0.15, 0.2) is 71.9 Å². The van der Waals surface area contributed by atoms with Gasteiger partial charge in [0.1, 0.15) is 6.54 Å². The van der Waals surface area contributed by atoms with Gasteiger partial charge in [-0.1, -0.05) is 24.3 Å². The van der Waals surface area contributed by atoms with Crippen LogP contribution in [0, 0.1) is 5.92 Å². The summed E-state index contributed by atoms with van der Waals surface area (Å²) in [7, 11) is 1.89. The number of rotatable bonds is 6. The van der Waals surface area contributed by atoms with E-state index in [9.17, 15) is 9.59 Å². The number of imidazole rings is 1. The third-order valence-corrected chi connectivity index (χ3v) is 6.97. The van der Waals surface area contributed by atoms with Crippen LogP contribution in [0.5, 0.6) is 0 Å². The summed E-state index contributed by atoms with van der Waals surface area (Å²) in [5.74, 6) is 0.421. The molecule has 1 aliphatic rings. The number of aromatic nitrogens is 5. The Labute approximate surface area is 201 Å². The zero-order valence-corrected chi connectivity index (χ0v) is 19.7. The van der Waals surface area contributed by atoms with Crippen molar-refractivity contribution >= 4 is 27.8 Å². The summed E-state index contributed by atoms with van der Waals surface area (Å²) in [5.41, 5.74) is 4.95. The highest BCUT2D eigenvalue weighted by Crippen LogP contribution is 2.32. The fraction of sp³-hybridized carbons (Fsp3) is 0.259.